The van der Waals surface area contributed by atoms with Crippen LogP contribution in [0.3, 0.4) is 0 Å². The maximum Gasteiger partial charge on any atom is 0.243 e. The van der Waals surface area contributed by atoms with Gasteiger partial charge in [-0.15, -0.1) is 11.8 Å². The van der Waals surface area contributed by atoms with Crippen molar-refractivity contribution in [3.8, 4) is 5.88 Å². The molecule has 1 aromatic carbocycles. The van der Waals surface area contributed by atoms with E-state index in [2.05, 4.69) is 16.0 Å². The first kappa shape index (κ1) is 12.2. The summed E-state index contributed by atoms with van der Waals surface area (Å²) in [6.07, 6.45) is 3.77. The molecule has 0 fully saturated rings. The Labute approximate surface area is 115 Å². The number of hydrogen-bond acceptors (Lipinski definition) is 5. The van der Waals surface area contributed by atoms with E-state index in [1.807, 2.05) is 18.2 Å². The van der Waals surface area contributed by atoms with Crippen LogP contribution in [0.5, 0.6) is 5.88 Å². The molecule has 1 aliphatic rings. The average molecular weight is 272 g/mol. The smallest absolute Gasteiger partial charge is 0.243 e. The molecule has 0 amide bonds. The number of aromatic nitrogens is 2. The lowest BCUT2D eigenvalue weighted by Crippen LogP contribution is -2.19. The van der Waals surface area contributed by atoms with Crippen LogP contribution in [-0.4, -0.2) is 28.1 Å². The van der Waals surface area contributed by atoms with Gasteiger partial charge in [0, 0.05) is 17.3 Å². The maximum atomic E-state index is 12.5. The Morgan fingerprint density at radius 1 is 1.32 bits per heavy atom. The molecule has 0 aliphatic carbocycles. The number of carbonyl (C=O) groups excluding carboxylic acids is 1. The molecule has 1 aliphatic heterocycles. The summed E-state index contributed by atoms with van der Waals surface area (Å²) in [5, 5.41) is -0.136. The number of rotatable bonds is 3. The van der Waals surface area contributed by atoms with Crippen molar-refractivity contribution in [2.45, 2.75) is 16.6 Å². The summed E-state index contributed by atoms with van der Waals surface area (Å²) in [6, 6.07) is 8.08. The van der Waals surface area contributed by atoms with Crippen molar-refractivity contribution in [1.29, 1.82) is 0 Å². The third kappa shape index (κ3) is 2.21. The van der Waals surface area contributed by atoms with Gasteiger partial charge in [-0.05, 0) is 18.1 Å². The van der Waals surface area contributed by atoms with Crippen molar-refractivity contribution >= 4 is 17.5 Å². The van der Waals surface area contributed by atoms with E-state index in [9.17, 15) is 4.79 Å². The molecule has 0 saturated heterocycles. The Kier molecular flexibility index (Phi) is 3.21. The number of fused-ring (bicyclic) bond motifs is 1. The van der Waals surface area contributed by atoms with Gasteiger partial charge in [0.05, 0.1) is 12.4 Å². The summed E-state index contributed by atoms with van der Waals surface area (Å²) >= 11 is 1.59. The number of Topliss-reactive ketones (excluding diaryl/α,β-unsaturated/α-hetero) is 1. The van der Waals surface area contributed by atoms with Gasteiger partial charge in [-0.2, -0.15) is 0 Å². The van der Waals surface area contributed by atoms with Gasteiger partial charge in [0.15, 0.2) is 11.5 Å². The third-order valence-corrected chi connectivity index (χ3v) is 4.35. The predicted molar refractivity (Wildman–Crippen MR) is 72.7 cm³/mol. The Bertz CT molecular complexity index is 605. The quantitative estimate of drug-likeness (QED) is 0.803. The first-order valence-electron chi connectivity index (χ1n) is 5.93. The molecule has 2 aromatic rings. The lowest BCUT2D eigenvalue weighted by molar-refractivity contribution is 0.0981. The minimum atomic E-state index is -0.136. The zero-order chi connectivity index (χ0) is 13.2. The minimum Gasteiger partial charge on any atom is -0.479 e. The van der Waals surface area contributed by atoms with Crippen molar-refractivity contribution in [3.63, 3.8) is 0 Å². The molecule has 1 unspecified atom stereocenters. The van der Waals surface area contributed by atoms with E-state index in [1.165, 1.54) is 30.0 Å². The van der Waals surface area contributed by atoms with E-state index >= 15 is 0 Å². The van der Waals surface area contributed by atoms with Gasteiger partial charge < -0.3 is 4.74 Å². The second kappa shape index (κ2) is 5.01. The standard InChI is InChI=1S/C14H12N2O2S/c1-18-14-12(15-6-7-16-14)13(17)11-8-9-4-2-3-5-10(9)19-11/h2-7,11H,8H2,1H3. The Morgan fingerprint density at radius 3 is 2.89 bits per heavy atom. The highest BCUT2D eigenvalue weighted by molar-refractivity contribution is 8.01. The molecule has 4 nitrogen and oxygen atoms in total. The van der Waals surface area contributed by atoms with Gasteiger partial charge in [-0.25, -0.2) is 9.97 Å². The summed E-state index contributed by atoms with van der Waals surface area (Å²) in [5.74, 6) is 0.273. The predicted octanol–water partition coefficient (Wildman–Crippen LogP) is 2.38. The number of thioether (sulfide) groups is 1. The van der Waals surface area contributed by atoms with Crippen LogP contribution in [0.25, 0.3) is 0 Å². The van der Waals surface area contributed by atoms with Crippen molar-refractivity contribution < 1.29 is 9.53 Å². The van der Waals surface area contributed by atoms with Crippen LogP contribution >= 0.6 is 11.8 Å². The maximum absolute atomic E-state index is 12.5. The van der Waals surface area contributed by atoms with Gasteiger partial charge >= 0.3 is 0 Å². The molecule has 0 spiro atoms. The summed E-state index contributed by atoms with van der Waals surface area (Å²) in [6.45, 7) is 0. The van der Waals surface area contributed by atoms with Gasteiger partial charge in [-0.1, -0.05) is 18.2 Å². The van der Waals surface area contributed by atoms with Crippen molar-refractivity contribution in [2.75, 3.05) is 7.11 Å². The van der Waals surface area contributed by atoms with Gasteiger partial charge in [0.2, 0.25) is 5.88 Å². The summed E-state index contributed by atoms with van der Waals surface area (Å²) in [7, 11) is 1.50. The molecule has 0 N–H and O–H groups in total. The average Bonchev–Trinajstić information content (AvgIpc) is 2.90. The minimum absolute atomic E-state index is 0.0221. The SMILES string of the molecule is COc1nccnc1C(=O)C1Cc2ccccc2S1. The molecule has 1 aromatic heterocycles. The normalized spacial score (nSPS) is 17.0. The lowest BCUT2D eigenvalue weighted by atomic mass is 10.1. The second-order valence-electron chi connectivity index (χ2n) is 4.20. The zero-order valence-corrected chi connectivity index (χ0v) is 11.2. The number of hydrogen-bond donors (Lipinski definition) is 0. The molecule has 5 heteroatoms. The van der Waals surface area contributed by atoms with Gasteiger partial charge in [-0.3, -0.25) is 4.79 Å². The Hall–Kier alpha value is -1.88. The molecule has 19 heavy (non-hydrogen) atoms. The van der Waals surface area contributed by atoms with E-state index in [4.69, 9.17) is 4.74 Å². The van der Waals surface area contributed by atoms with E-state index in [1.54, 1.807) is 11.8 Å². The van der Waals surface area contributed by atoms with Crippen molar-refractivity contribution in [3.05, 3.63) is 47.9 Å². The lowest BCUT2D eigenvalue weighted by Gasteiger charge is -2.08. The van der Waals surface area contributed by atoms with E-state index in [0.717, 1.165) is 6.42 Å². The van der Waals surface area contributed by atoms with E-state index < -0.39 is 0 Å². The van der Waals surface area contributed by atoms with Crippen LogP contribution in [-0.2, 0) is 6.42 Å². The second-order valence-corrected chi connectivity index (χ2v) is 5.44. The number of methoxy groups -OCH3 is 1. The molecular weight excluding hydrogens is 260 g/mol. The highest BCUT2D eigenvalue weighted by atomic mass is 32.2. The summed E-state index contributed by atoms with van der Waals surface area (Å²) in [5.41, 5.74) is 1.53. The number of carbonyl (C=O) groups is 1. The van der Waals surface area contributed by atoms with Crippen LogP contribution in [0.2, 0.25) is 0 Å². The largest absolute Gasteiger partial charge is 0.479 e. The highest BCUT2D eigenvalue weighted by Crippen LogP contribution is 2.38. The molecular formula is C14H12N2O2S. The van der Waals surface area contributed by atoms with Crippen LogP contribution in [0, 0.1) is 0 Å². The first-order chi connectivity index (χ1) is 9.29. The first-order valence-corrected chi connectivity index (χ1v) is 6.81. The van der Waals surface area contributed by atoms with Crippen LogP contribution in [0.4, 0.5) is 0 Å². The van der Waals surface area contributed by atoms with Crippen LogP contribution < -0.4 is 4.74 Å². The fourth-order valence-electron chi connectivity index (χ4n) is 2.12. The molecule has 0 saturated carbocycles. The number of ketones is 1. The van der Waals surface area contributed by atoms with Crippen molar-refractivity contribution in [2.24, 2.45) is 0 Å². The molecule has 0 radical (unpaired) electrons. The van der Waals surface area contributed by atoms with Crippen LogP contribution in [0.1, 0.15) is 16.1 Å². The fraction of sp³-hybridized carbons (Fsp3) is 0.214. The fourth-order valence-corrected chi connectivity index (χ4v) is 3.37. The van der Waals surface area contributed by atoms with Gasteiger partial charge in [0.25, 0.3) is 0 Å². The molecule has 96 valence electrons. The van der Waals surface area contributed by atoms with E-state index in [-0.39, 0.29) is 11.0 Å². The van der Waals surface area contributed by atoms with Crippen LogP contribution in [0.15, 0.2) is 41.6 Å². The number of nitrogens with zero attached hydrogens (tertiary/aromatic N) is 2. The Morgan fingerprint density at radius 2 is 2.11 bits per heavy atom. The van der Waals surface area contributed by atoms with Gasteiger partial charge in [0.1, 0.15) is 0 Å². The topological polar surface area (TPSA) is 52.1 Å². The van der Waals surface area contributed by atoms with Crippen molar-refractivity contribution in [1.82, 2.24) is 9.97 Å². The summed E-state index contributed by atoms with van der Waals surface area (Å²) in [4.78, 5) is 21.8. The summed E-state index contributed by atoms with van der Waals surface area (Å²) < 4.78 is 5.10. The highest BCUT2D eigenvalue weighted by Gasteiger charge is 2.31. The zero-order valence-electron chi connectivity index (χ0n) is 10.4. The number of benzene rings is 1. The molecule has 3 rings (SSSR count). The Balaban J connectivity index is 1.87. The third-order valence-electron chi connectivity index (χ3n) is 3.03. The number of ether oxygens (including phenoxy) is 1. The molecule has 1 atom stereocenters. The molecule has 2 heterocycles. The van der Waals surface area contributed by atoms with E-state index in [0.29, 0.717) is 11.6 Å². The molecule has 0 bridgehead atoms. The monoisotopic (exact) mass is 272 g/mol.